The Balaban J connectivity index is 1.95. The zero-order chi connectivity index (χ0) is 15.2. The topological polar surface area (TPSA) is 73.2 Å². The van der Waals surface area contributed by atoms with Crippen molar-refractivity contribution in [3.05, 3.63) is 48.0 Å². The van der Waals surface area contributed by atoms with E-state index in [4.69, 9.17) is 4.74 Å². The molecule has 0 aliphatic rings. The Hall–Kier alpha value is -2.70. The molecule has 0 spiro atoms. The number of nitrogens with zero attached hydrogens (tertiary/aromatic N) is 2. The van der Waals surface area contributed by atoms with Crippen molar-refractivity contribution in [3.63, 3.8) is 0 Å². The Morgan fingerprint density at radius 3 is 2.95 bits per heavy atom. The van der Waals surface area contributed by atoms with E-state index in [1.54, 1.807) is 13.0 Å². The molecule has 2 aromatic rings. The van der Waals surface area contributed by atoms with Gasteiger partial charge in [-0.2, -0.15) is 5.10 Å². The van der Waals surface area contributed by atoms with Crippen molar-refractivity contribution >= 4 is 17.6 Å². The highest BCUT2D eigenvalue weighted by Gasteiger charge is 2.11. The van der Waals surface area contributed by atoms with Gasteiger partial charge in [-0.05, 0) is 25.1 Å². The lowest BCUT2D eigenvalue weighted by atomic mass is 10.3. The summed E-state index contributed by atoms with van der Waals surface area (Å²) < 4.78 is 19.1. The number of esters is 1. The van der Waals surface area contributed by atoms with Gasteiger partial charge in [0.05, 0.1) is 18.4 Å². The van der Waals surface area contributed by atoms with E-state index in [-0.39, 0.29) is 24.6 Å². The third-order valence-electron chi connectivity index (χ3n) is 2.56. The standard InChI is InChI=1S/C14H14FN3O3/c1-2-21-14(20)10-7-16-18(8-10)9-13(19)17-12-5-3-4-11(15)6-12/h3-8H,2,9H2,1H3,(H,17,19). The predicted octanol–water partition coefficient (Wildman–Crippen LogP) is 1.84. The lowest BCUT2D eigenvalue weighted by molar-refractivity contribution is -0.116. The van der Waals surface area contributed by atoms with Gasteiger partial charge in [0.1, 0.15) is 12.4 Å². The molecule has 0 aliphatic carbocycles. The highest BCUT2D eigenvalue weighted by molar-refractivity contribution is 5.91. The second-order valence-electron chi connectivity index (χ2n) is 4.21. The third kappa shape index (κ3) is 4.13. The number of rotatable bonds is 5. The lowest BCUT2D eigenvalue weighted by Gasteiger charge is -2.05. The van der Waals surface area contributed by atoms with E-state index in [1.165, 1.54) is 35.3 Å². The van der Waals surface area contributed by atoms with Gasteiger partial charge in [0.25, 0.3) is 0 Å². The van der Waals surface area contributed by atoms with Gasteiger partial charge in [0, 0.05) is 11.9 Å². The Morgan fingerprint density at radius 2 is 2.24 bits per heavy atom. The van der Waals surface area contributed by atoms with Gasteiger partial charge in [0.15, 0.2) is 0 Å². The molecule has 1 heterocycles. The lowest BCUT2D eigenvalue weighted by Crippen LogP contribution is -2.19. The van der Waals surface area contributed by atoms with E-state index >= 15 is 0 Å². The monoisotopic (exact) mass is 291 g/mol. The maximum absolute atomic E-state index is 13.0. The first-order valence-corrected chi connectivity index (χ1v) is 6.33. The van der Waals surface area contributed by atoms with Gasteiger partial charge < -0.3 is 10.1 Å². The molecular weight excluding hydrogens is 277 g/mol. The molecule has 6 nitrogen and oxygen atoms in total. The molecule has 0 atom stereocenters. The number of carbonyl (C=O) groups excluding carboxylic acids is 2. The molecule has 0 unspecified atom stereocenters. The smallest absolute Gasteiger partial charge is 0.341 e. The molecule has 0 aliphatic heterocycles. The van der Waals surface area contributed by atoms with Crippen molar-refractivity contribution in [3.8, 4) is 0 Å². The van der Waals surface area contributed by atoms with Crippen LogP contribution in [0.15, 0.2) is 36.7 Å². The van der Waals surface area contributed by atoms with E-state index in [0.29, 0.717) is 5.69 Å². The number of ether oxygens (including phenoxy) is 1. The third-order valence-corrected chi connectivity index (χ3v) is 2.56. The average molecular weight is 291 g/mol. The van der Waals surface area contributed by atoms with Crippen LogP contribution >= 0.6 is 0 Å². The highest BCUT2D eigenvalue weighted by atomic mass is 19.1. The van der Waals surface area contributed by atoms with Gasteiger partial charge in [-0.1, -0.05) is 6.07 Å². The SMILES string of the molecule is CCOC(=O)c1cnn(CC(=O)Nc2cccc(F)c2)c1. The zero-order valence-electron chi connectivity index (χ0n) is 11.4. The number of carbonyl (C=O) groups is 2. The highest BCUT2D eigenvalue weighted by Crippen LogP contribution is 2.09. The first-order valence-electron chi connectivity index (χ1n) is 6.33. The summed E-state index contributed by atoms with van der Waals surface area (Å²) in [7, 11) is 0. The van der Waals surface area contributed by atoms with Crippen LogP contribution in [-0.4, -0.2) is 28.3 Å². The molecule has 110 valence electrons. The molecule has 0 bridgehead atoms. The number of aromatic nitrogens is 2. The second-order valence-corrected chi connectivity index (χ2v) is 4.21. The van der Waals surface area contributed by atoms with Gasteiger partial charge in [0.2, 0.25) is 5.91 Å². The molecule has 1 aromatic heterocycles. The predicted molar refractivity (Wildman–Crippen MR) is 73.2 cm³/mol. The fourth-order valence-corrected chi connectivity index (χ4v) is 1.68. The van der Waals surface area contributed by atoms with Crippen LogP contribution in [0, 0.1) is 5.82 Å². The summed E-state index contributed by atoms with van der Waals surface area (Å²) in [6, 6.07) is 5.58. The number of anilines is 1. The normalized spacial score (nSPS) is 10.2. The molecular formula is C14H14FN3O3. The summed E-state index contributed by atoms with van der Waals surface area (Å²) in [6.07, 6.45) is 2.75. The molecule has 7 heteroatoms. The van der Waals surface area contributed by atoms with Crippen LogP contribution in [-0.2, 0) is 16.1 Å². The Kier molecular flexibility index (Phi) is 4.65. The first-order chi connectivity index (χ1) is 10.1. The maximum Gasteiger partial charge on any atom is 0.341 e. The number of halogens is 1. The van der Waals surface area contributed by atoms with Crippen LogP contribution < -0.4 is 5.32 Å². The molecule has 1 amide bonds. The van der Waals surface area contributed by atoms with Crippen LogP contribution in [0.4, 0.5) is 10.1 Å². The summed E-state index contributed by atoms with van der Waals surface area (Å²) in [4.78, 5) is 23.2. The largest absolute Gasteiger partial charge is 0.462 e. The zero-order valence-corrected chi connectivity index (χ0v) is 11.4. The van der Waals surface area contributed by atoms with Gasteiger partial charge in [-0.15, -0.1) is 0 Å². The minimum atomic E-state index is -0.491. The van der Waals surface area contributed by atoms with Crippen LogP contribution in [0.2, 0.25) is 0 Å². The average Bonchev–Trinajstić information content (AvgIpc) is 2.87. The number of hydrogen-bond donors (Lipinski definition) is 1. The summed E-state index contributed by atoms with van der Waals surface area (Å²) in [5.41, 5.74) is 0.633. The van der Waals surface area contributed by atoms with E-state index in [9.17, 15) is 14.0 Å². The van der Waals surface area contributed by atoms with Crippen molar-refractivity contribution < 1.29 is 18.7 Å². The number of benzene rings is 1. The van der Waals surface area contributed by atoms with Crippen molar-refractivity contribution in [2.75, 3.05) is 11.9 Å². The van der Waals surface area contributed by atoms with Crippen LogP contribution in [0.1, 0.15) is 17.3 Å². The van der Waals surface area contributed by atoms with Crippen molar-refractivity contribution in [1.82, 2.24) is 9.78 Å². The van der Waals surface area contributed by atoms with Gasteiger partial charge in [-0.3, -0.25) is 9.48 Å². The van der Waals surface area contributed by atoms with E-state index in [2.05, 4.69) is 10.4 Å². The molecule has 0 fully saturated rings. The molecule has 1 aromatic carbocycles. The summed E-state index contributed by atoms with van der Waals surface area (Å²) in [6.45, 7) is 1.88. The Bertz CT molecular complexity index is 654. The first kappa shape index (κ1) is 14.7. The van der Waals surface area contributed by atoms with Crippen molar-refractivity contribution in [2.45, 2.75) is 13.5 Å². The number of nitrogens with one attached hydrogen (secondary N) is 1. The fourth-order valence-electron chi connectivity index (χ4n) is 1.68. The summed E-state index contributed by atoms with van der Waals surface area (Å²) in [5, 5.41) is 6.44. The Labute approximate surface area is 120 Å². The summed E-state index contributed by atoms with van der Waals surface area (Å²) in [5.74, 6) is -1.30. The van der Waals surface area contributed by atoms with Crippen molar-refractivity contribution in [1.29, 1.82) is 0 Å². The van der Waals surface area contributed by atoms with E-state index in [1.807, 2.05) is 0 Å². The molecule has 21 heavy (non-hydrogen) atoms. The number of hydrogen-bond acceptors (Lipinski definition) is 4. The van der Waals surface area contributed by atoms with Gasteiger partial charge in [-0.25, -0.2) is 9.18 Å². The fraction of sp³-hybridized carbons (Fsp3) is 0.214. The van der Waals surface area contributed by atoms with Crippen LogP contribution in [0.5, 0.6) is 0 Å². The molecule has 1 N–H and O–H groups in total. The van der Waals surface area contributed by atoms with Crippen LogP contribution in [0.3, 0.4) is 0 Å². The van der Waals surface area contributed by atoms with E-state index in [0.717, 1.165) is 0 Å². The molecule has 2 rings (SSSR count). The Morgan fingerprint density at radius 1 is 1.43 bits per heavy atom. The maximum atomic E-state index is 13.0. The van der Waals surface area contributed by atoms with Gasteiger partial charge >= 0.3 is 5.97 Å². The quantitative estimate of drug-likeness (QED) is 0.853. The minimum Gasteiger partial charge on any atom is -0.462 e. The second kappa shape index (κ2) is 6.65. The molecule has 0 saturated carbocycles. The van der Waals surface area contributed by atoms with E-state index < -0.39 is 11.8 Å². The molecule has 0 radical (unpaired) electrons. The van der Waals surface area contributed by atoms with Crippen molar-refractivity contribution in [2.24, 2.45) is 0 Å². The number of amides is 1. The minimum absolute atomic E-state index is 0.0874. The summed E-state index contributed by atoms with van der Waals surface area (Å²) >= 11 is 0. The van der Waals surface area contributed by atoms with Crippen LogP contribution in [0.25, 0.3) is 0 Å². The molecule has 0 saturated heterocycles.